The molecule has 2 heterocycles. The van der Waals surface area contributed by atoms with Crippen molar-refractivity contribution in [2.45, 2.75) is 26.3 Å². The van der Waals surface area contributed by atoms with E-state index in [0.717, 1.165) is 0 Å². The average Bonchev–Trinajstić information content (AvgIpc) is 3.09. The molecule has 8 nitrogen and oxygen atoms in total. The predicted molar refractivity (Wildman–Crippen MR) is 122 cm³/mol. The van der Waals surface area contributed by atoms with Gasteiger partial charge in [-0.25, -0.2) is 8.42 Å². The summed E-state index contributed by atoms with van der Waals surface area (Å²) < 4.78 is 23.9. The van der Waals surface area contributed by atoms with Crippen molar-refractivity contribution in [1.82, 2.24) is 14.7 Å². The van der Waals surface area contributed by atoms with Crippen molar-refractivity contribution in [2.75, 3.05) is 69.8 Å². The van der Waals surface area contributed by atoms with Gasteiger partial charge >= 0.3 is 11.8 Å². The predicted octanol–water partition coefficient (Wildman–Crippen LogP) is 0.529. The number of sulfone groups is 1. The van der Waals surface area contributed by atoms with Crippen molar-refractivity contribution >= 4 is 27.3 Å². The number of benzene rings is 1. The Morgan fingerprint density at radius 2 is 1.74 bits per heavy atom. The third-order valence-electron chi connectivity index (χ3n) is 6.36. The fourth-order valence-corrected chi connectivity index (χ4v) is 6.00. The van der Waals surface area contributed by atoms with Crippen LogP contribution in [0.4, 0.5) is 5.69 Å². The molecule has 2 saturated heterocycles. The summed E-state index contributed by atoms with van der Waals surface area (Å²) in [5.74, 6) is -1.08. The zero-order valence-corrected chi connectivity index (χ0v) is 19.8. The van der Waals surface area contributed by atoms with Crippen LogP contribution in [0.1, 0.15) is 17.5 Å². The highest BCUT2D eigenvalue weighted by Gasteiger charge is 2.38. The minimum absolute atomic E-state index is 0.0557. The van der Waals surface area contributed by atoms with Gasteiger partial charge in [0.1, 0.15) is 0 Å². The molecule has 1 aromatic carbocycles. The fraction of sp³-hybridized carbons (Fsp3) is 0.636. The molecular weight excluding hydrogens is 416 g/mol. The summed E-state index contributed by atoms with van der Waals surface area (Å²) in [6, 6.07) is 5.80. The van der Waals surface area contributed by atoms with E-state index in [9.17, 15) is 18.0 Å². The molecule has 2 aliphatic heterocycles. The second-order valence-corrected chi connectivity index (χ2v) is 11.1. The van der Waals surface area contributed by atoms with E-state index in [4.69, 9.17) is 0 Å². The Hall–Kier alpha value is -2.13. The second kappa shape index (κ2) is 9.56. The van der Waals surface area contributed by atoms with Crippen LogP contribution in [0.3, 0.4) is 0 Å². The molecule has 1 unspecified atom stereocenters. The van der Waals surface area contributed by atoms with Crippen LogP contribution in [0.2, 0.25) is 0 Å². The number of nitrogens with zero attached hydrogens (tertiary/aromatic N) is 4. The van der Waals surface area contributed by atoms with E-state index in [-0.39, 0.29) is 11.5 Å². The topological polar surface area (TPSA) is 81.2 Å². The van der Waals surface area contributed by atoms with Crippen molar-refractivity contribution in [3.8, 4) is 0 Å². The first-order valence-electron chi connectivity index (χ1n) is 10.9. The van der Waals surface area contributed by atoms with Crippen molar-refractivity contribution in [2.24, 2.45) is 0 Å². The van der Waals surface area contributed by atoms with E-state index in [2.05, 4.69) is 30.9 Å². The molecule has 3 rings (SSSR count). The quantitative estimate of drug-likeness (QED) is 0.609. The monoisotopic (exact) mass is 450 g/mol. The molecule has 0 bridgehead atoms. The molecule has 0 aliphatic carbocycles. The summed E-state index contributed by atoms with van der Waals surface area (Å²) in [4.78, 5) is 33.4. The van der Waals surface area contributed by atoms with Gasteiger partial charge in [-0.05, 0) is 51.6 Å². The highest BCUT2D eigenvalue weighted by Crippen LogP contribution is 2.24. The van der Waals surface area contributed by atoms with Crippen molar-refractivity contribution in [1.29, 1.82) is 0 Å². The van der Waals surface area contributed by atoms with Crippen LogP contribution >= 0.6 is 0 Å². The van der Waals surface area contributed by atoms with Gasteiger partial charge in [-0.1, -0.05) is 12.1 Å². The average molecular weight is 451 g/mol. The van der Waals surface area contributed by atoms with Gasteiger partial charge in [-0.2, -0.15) is 0 Å². The Bertz CT molecular complexity index is 923. The van der Waals surface area contributed by atoms with Crippen LogP contribution in [-0.2, 0) is 19.4 Å². The highest BCUT2D eigenvalue weighted by atomic mass is 32.2. The Labute approximate surface area is 185 Å². The molecular formula is C22H34N4O4S. The number of hydrogen-bond donors (Lipinski definition) is 0. The van der Waals surface area contributed by atoms with Crippen molar-refractivity contribution in [3.63, 3.8) is 0 Å². The molecule has 31 heavy (non-hydrogen) atoms. The second-order valence-electron chi connectivity index (χ2n) is 8.86. The van der Waals surface area contributed by atoms with Gasteiger partial charge in [0.25, 0.3) is 0 Å². The summed E-state index contributed by atoms with van der Waals surface area (Å²) >= 11 is 0. The molecule has 172 valence electrons. The molecule has 1 aromatic rings. The van der Waals surface area contributed by atoms with Crippen LogP contribution in [0, 0.1) is 13.8 Å². The Morgan fingerprint density at radius 1 is 1.06 bits per heavy atom. The lowest BCUT2D eigenvalue weighted by Gasteiger charge is -2.38. The number of hydrogen-bond acceptors (Lipinski definition) is 6. The number of anilines is 1. The summed E-state index contributed by atoms with van der Waals surface area (Å²) in [6.45, 7) is 7.39. The maximum Gasteiger partial charge on any atom is 0.312 e. The maximum atomic E-state index is 13.1. The third kappa shape index (κ3) is 5.57. The van der Waals surface area contributed by atoms with Gasteiger partial charge in [0.15, 0.2) is 9.84 Å². The number of piperazine rings is 1. The highest BCUT2D eigenvalue weighted by molar-refractivity contribution is 7.91. The van der Waals surface area contributed by atoms with Crippen LogP contribution < -0.4 is 4.90 Å². The summed E-state index contributed by atoms with van der Waals surface area (Å²) in [7, 11) is 0.635. The zero-order valence-electron chi connectivity index (χ0n) is 19.0. The first-order chi connectivity index (χ1) is 14.6. The molecule has 0 radical (unpaired) electrons. The fourth-order valence-electron chi connectivity index (χ4n) is 4.27. The van der Waals surface area contributed by atoms with Crippen molar-refractivity contribution < 1.29 is 18.0 Å². The standard InChI is InChI=1S/C22H34N4O4S/c1-17-6-5-7-20(18(17)2)24-10-12-25(13-11-24)21(27)22(28)26(14-9-23(3)4)19-8-15-31(29,30)16-19/h5-7,19H,8-16H2,1-4H3. The molecule has 0 aromatic heterocycles. The molecule has 1 atom stereocenters. The largest absolute Gasteiger partial charge is 0.368 e. The minimum Gasteiger partial charge on any atom is -0.368 e. The Balaban J connectivity index is 1.66. The molecule has 0 N–H and O–H groups in total. The summed E-state index contributed by atoms with van der Waals surface area (Å²) in [6.07, 6.45) is 0.398. The number of amides is 2. The van der Waals surface area contributed by atoms with Crippen LogP contribution in [-0.4, -0.2) is 106 Å². The molecule has 2 fully saturated rings. The normalized spacial score (nSPS) is 20.9. The van der Waals surface area contributed by atoms with E-state index < -0.39 is 27.7 Å². The van der Waals surface area contributed by atoms with Gasteiger partial charge in [0, 0.05) is 51.0 Å². The van der Waals surface area contributed by atoms with Crippen LogP contribution in [0.15, 0.2) is 18.2 Å². The lowest BCUT2D eigenvalue weighted by atomic mass is 10.1. The zero-order chi connectivity index (χ0) is 22.8. The van der Waals surface area contributed by atoms with Crippen LogP contribution in [0.5, 0.6) is 0 Å². The summed E-state index contributed by atoms with van der Waals surface area (Å²) in [5, 5.41) is 0. The SMILES string of the molecule is Cc1cccc(N2CCN(C(=O)C(=O)N(CCN(C)C)C3CCS(=O)(=O)C3)CC2)c1C. The number of aryl methyl sites for hydroxylation is 1. The van der Waals surface area contributed by atoms with Gasteiger partial charge in [-0.3, -0.25) is 9.59 Å². The summed E-state index contributed by atoms with van der Waals surface area (Å²) in [5.41, 5.74) is 3.63. The first-order valence-corrected chi connectivity index (χ1v) is 12.7. The Morgan fingerprint density at radius 3 is 2.32 bits per heavy atom. The van der Waals surface area contributed by atoms with E-state index in [0.29, 0.717) is 45.7 Å². The molecule has 9 heteroatoms. The number of carbonyl (C=O) groups is 2. The lowest BCUT2D eigenvalue weighted by molar-refractivity contribution is -0.153. The van der Waals surface area contributed by atoms with Gasteiger partial charge < -0.3 is 19.6 Å². The van der Waals surface area contributed by atoms with Gasteiger partial charge in [0.05, 0.1) is 11.5 Å². The van der Waals surface area contributed by atoms with Gasteiger partial charge in [0.2, 0.25) is 0 Å². The van der Waals surface area contributed by atoms with Crippen LogP contribution in [0.25, 0.3) is 0 Å². The molecule has 0 saturated carbocycles. The van der Waals surface area contributed by atoms with E-state index in [1.165, 1.54) is 21.7 Å². The smallest absolute Gasteiger partial charge is 0.312 e. The molecule has 2 aliphatic rings. The third-order valence-corrected chi connectivity index (χ3v) is 8.12. The maximum absolute atomic E-state index is 13.1. The Kier molecular flexibility index (Phi) is 7.26. The number of rotatable bonds is 5. The van der Waals surface area contributed by atoms with E-state index in [1.807, 2.05) is 25.1 Å². The van der Waals surface area contributed by atoms with Crippen molar-refractivity contribution in [3.05, 3.63) is 29.3 Å². The molecule has 0 spiro atoms. The minimum atomic E-state index is -3.15. The van der Waals surface area contributed by atoms with E-state index >= 15 is 0 Å². The van der Waals surface area contributed by atoms with E-state index in [1.54, 1.807) is 4.90 Å². The lowest BCUT2D eigenvalue weighted by Crippen LogP contribution is -2.56. The molecule has 2 amide bonds. The van der Waals surface area contributed by atoms with Gasteiger partial charge in [-0.15, -0.1) is 0 Å². The first kappa shape index (κ1) is 23.5. The number of likely N-dealkylation sites (N-methyl/N-ethyl adjacent to an activating group) is 1. The number of carbonyl (C=O) groups excluding carboxylic acids is 2.